The third-order valence-electron chi connectivity index (χ3n) is 7.81. The van der Waals surface area contributed by atoms with Crippen LogP contribution in [-0.4, -0.2) is 62.2 Å². The topological polar surface area (TPSA) is 51.6 Å². The van der Waals surface area contributed by atoms with Gasteiger partial charge in [0.25, 0.3) is 0 Å². The molecular formula is C33H61Cl5LiN4PSn2. The van der Waals surface area contributed by atoms with Gasteiger partial charge in [0, 0.05) is 12.4 Å². The second kappa shape index (κ2) is 34.3. The van der Waals surface area contributed by atoms with E-state index in [9.17, 15) is 0 Å². The van der Waals surface area contributed by atoms with E-state index in [1.165, 1.54) is 120 Å². The van der Waals surface area contributed by atoms with Gasteiger partial charge in [-0.15, -0.1) is 0 Å². The second-order valence-electron chi connectivity index (χ2n) is 11.5. The second-order valence-corrected chi connectivity index (χ2v) is 42.2. The minimum atomic E-state index is -2.49. The van der Waals surface area contributed by atoms with Crippen molar-refractivity contribution in [2.45, 2.75) is 145 Å². The van der Waals surface area contributed by atoms with Crippen LogP contribution in [0.1, 0.15) is 120 Å². The van der Waals surface area contributed by atoms with Crippen LogP contribution < -0.4 is 22.6 Å². The van der Waals surface area contributed by atoms with Crippen molar-refractivity contribution in [3.63, 3.8) is 0 Å². The molecule has 262 valence electrons. The molecule has 0 aromatic carbocycles. The third-order valence-corrected chi connectivity index (χ3v) is 38.6. The van der Waals surface area contributed by atoms with Gasteiger partial charge < -0.3 is 9.24 Å². The van der Waals surface area contributed by atoms with Crippen LogP contribution in [0.2, 0.25) is 47.2 Å². The quantitative estimate of drug-likeness (QED) is 0.104. The maximum absolute atomic E-state index is 6.89. The molecule has 2 aromatic rings. The standard InChI is InChI=1S/C4H2Cl2N2.C4HCl2N2.6C4H9.CH4P.ClH.Li.2Sn/c2*5-3-4(6)8-2-1-7-3;6*1-3-4-2;1-2;;;;/h1-2H;1H;6*1,3-4H2,2H3;2H,1H3;1H;;;/q;;;;;;;;-1;;+1;;+1/p-1/i;;;;;;;;1T;;;;. The number of hydrogen-bond donors (Lipinski definition) is 0. The van der Waals surface area contributed by atoms with E-state index < -0.39 is 35.6 Å². The number of unbranched alkanes of at least 4 members (excludes halogenated alkanes) is 6. The van der Waals surface area contributed by atoms with Crippen molar-refractivity contribution in [1.82, 2.24) is 19.9 Å². The Bertz CT molecular complexity index is 943. The molecule has 4 nitrogen and oxygen atoms in total. The minimum absolute atomic E-state index is 0. The van der Waals surface area contributed by atoms with Gasteiger partial charge in [0.15, 0.2) is 10.3 Å². The average molecular weight is 968 g/mol. The van der Waals surface area contributed by atoms with E-state index in [0.29, 0.717) is 16.9 Å². The zero-order chi connectivity index (χ0) is 35.3. The van der Waals surface area contributed by atoms with E-state index in [4.69, 9.17) is 56.7 Å². The van der Waals surface area contributed by atoms with E-state index >= 15 is 0 Å². The molecule has 0 saturated carbocycles. The molecule has 0 aliphatic rings. The van der Waals surface area contributed by atoms with Crippen LogP contribution in [0.15, 0.2) is 18.6 Å². The molecule has 13 heteroatoms. The number of aromatic nitrogens is 4. The monoisotopic (exact) mass is 968 g/mol. The van der Waals surface area contributed by atoms with Gasteiger partial charge in [-0.05, 0) is 1.37 Å². The first-order valence-corrected chi connectivity index (χ1v) is 36.3. The van der Waals surface area contributed by atoms with Crippen LogP contribution in [0.3, 0.4) is 0 Å². The van der Waals surface area contributed by atoms with Gasteiger partial charge in [0.1, 0.15) is 0 Å². The smallest absolute Gasteiger partial charge is 0.562 e. The molecule has 46 heavy (non-hydrogen) atoms. The Kier molecular flexibility index (Phi) is 37.6. The first-order valence-electron chi connectivity index (χ1n) is 17.6. The van der Waals surface area contributed by atoms with Gasteiger partial charge in [-0.25, -0.2) is 9.97 Å². The zero-order valence-electron chi connectivity index (χ0n) is 30.8. The molecule has 0 spiro atoms. The summed E-state index contributed by atoms with van der Waals surface area (Å²) in [5, 5.41) is 1.21. The summed E-state index contributed by atoms with van der Waals surface area (Å²) in [4.78, 5) is 16.3. The van der Waals surface area contributed by atoms with Crippen molar-refractivity contribution in [3.05, 3.63) is 39.2 Å². The van der Waals surface area contributed by atoms with Crippen molar-refractivity contribution in [2.75, 3.05) is 6.64 Å². The molecule has 0 saturated heterocycles. The van der Waals surface area contributed by atoms with E-state index in [-0.39, 0.29) is 29.2 Å². The maximum Gasteiger partial charge on any atom is 1.00 e. The third kappa shape index (κ3) is 24.4. The van der Waals surface area contributed by atoms with Crippen LogP contribution in [0.25, 0.3) is 0 Å². The largest absolute Gasteiger partial charge is 1.00 e. The summed E-state index contributed by atoms with van der Waals surface area (Å²) in [7, 11) is 9.74. The predicted molar refractivity (Wildman–Crippen MR) is 214 cm³/mol. The Hall–Kier alpha value is 2.23. The predicted octanol–water partition coefficient (Wildman–Crippen LogP) is 11.0. The summed E-state index contributed by atoms with van der Waals surface area (Å²) in [5.74, 6) is 0. The Morgan fingerprint density at radius 1 is 0.587 bits per heavy atom. The fourth-order valence-corrected chi connectivity index (χ4v) is 34.1. The summed E-state index contributed by atoms with van der Waals surface area (Å²) in [6, 6.07) is 0. The van der Waals surface area contributed by atoms with Gasteiger partial charge in [0.2, 0.25) is 0 Å². The molecule has 0 aliphatic carbocycles. The fraction of sp³-hybridized carbons (Fsp3) is 0.758. The summed E-state index contributed by atoms with van der Waals surface area (Å²) in [5.41, 5.74) is 0. The van der Waals surface area contributed by atoms with E-state index in [1.807, 2.05) is 6.20 Å². The van der Waals surface area contributed by atoms with Crippen LogP contribution in [0.5, 0.6) is 0 Å². The van der Waals surface area contributed by atoms with Crippen molar-refractivity contribution < 1.29 is 20.2 Å². The molecule has 2 rings (SSSR count). The van der Waals surface area contributed by atoms with Gasteiger partial charge >= 0.3 is 262 Å². The molecule has 0 fully saturated rings. The van der Waals surface area contributed by atoms with Crippen LogP contribution in [0.4, 0.5) is 0 Å². The minimum Gasteiger partial charge on any atom is -0.562 e. The molecule has 0 atom stereocenters. The molecule has 0 N–H and O–H groups in total. The van der Waals surface area contributed by atoms with Gasteiger partial charge in [-0.1, -0.05) is 23.2 Å². The van der Waals surface area contributed by atoms with E-state index in [2.05, 4.69) is 70.7 Å². The molecular weight excluding hydrogens is 905 g/mol. The molecule has 0 unspecified atom stereocenters. The SMILES string of the molecule is CCC[CH2][Sn]([CH2]CCC)([CH2]CCC)[c]1cnc(Cl)c(Cl)n1.CCC[CH2][Sn]([Cl])([CH2]CCC)[CH2]CCC.Clc1nccnc1Cl.[3H]C[PH-].[Li+]. The van der Waals surface area contributed by atoms with Crippen LogP contribution in [0, 0.1) is 0 Å². The molecule has 0 bridgehead atoms. The maximum atomic E-state index is 6.89. The van der Waals surface area contributed by atoms with Crippen molar-refractivity contribution in [3.8, 4) is 0 Å². The normalized spacial score (nSPS) is 11.1. The van der Waals surface area contributed by atoms with Gasteiger partial charge in [0.05, 0.1) is 0 Å². The summed E-state index contributed by atoms with van der Waals surface area (Å²) >= 11 is 18.3. The Balaban J connectivity index is -0.000000639. The molecule has 2 heterocycles. The van der Waals surface area contributed by atoms with Crippen molar-refractivity contribution in [1.29, 1.82) is 0 Å². The Morgan fingerprint density at radius 3 is 1.17 bits per heavy atom. The average Bonchev–Trinajstić information content (AvgIpc) is 3.05. The van der Waals surface area contributed by atoms with Crippen LogP contribution >= 0.6 is 64.6 Å². The molecule has 0 aliphatic heterocycles. The van der Waals surface area contributed by atoms with Gasteiger partial charge in [-0.3, -0.25) is 0 Å². The summed E-state index contributed by atoms with van der Waals surface area (Å²) in [6.45, 7) is 14.0. The Labute approximate surface area is 331 Å². The number of halogens is 5. The molecule has 0 radical (unpaired) electrons. The summed E-state index contributed by atoms with van der Waals surface area (Å²) in [6.07, 6.45) is 20.7. The first kappa shape index (κ1) is 50.3. The van der Waals surface area contributed by atoms with Crippen molar-refractivity contribution >= 4 is 104 Å². The van der Waals surface area contributed by atoms with E-state index in [0.717, 1.165) is 0 Å². The van der Waals surface area contributed by atoms with Gasteiger partial charge in [-0.2, -0.15) is 6.64 Å². The number of hydrogen-bond acceptors (Lipinski definition) is 4. The fourth-order valence-electron chi connectivity index (χ4n) is 5.07. The number of rotatable bonds is 19. The zero-order valence-corrected chi connectivity index (χ0v) is 40.3. The first-order chi connectivity index (χ1) is 22.0. The number of nitrogens with zero attached hydrogens (tertiary/aromatic N) is 4. The van der Waals surface area contributed by atoms with Crippen LogP contribution in [-0.2, 0) is 0 Å². The Morgan fingerprint density at radius 2 is 0.891 bits per heavy atom. The summed E-state index contributed by atoms with van der Waals surface area (Å²) < 4.78 is 15.8. The molecule has 0 amide bonds. The van der Waals surface area contributed by atoms with Crippen molar-refractivity contribution in [2.24, 2.45) is 0 Å². The van der Waals surface area contributed by atoms with E-state index in [1.54, 1.807) is 0 Å². The molecule has 2 aromatic heterocycles.